The number of nitrogens with one attached hydrogen (secondary N) is 4. The van der Waals surface area contributed by atoms with E-state index in [1.807, 2.05) is 84.9 Å². The van der Waals surface area contributed by atoms with Crippen molar-refractivity contribution < 1.29 is 72.4 Å². The van der Waals surface area contributed by atoms with E-state index in [-0.39, 0.29) is 59.5 Å². The summed E-state index contributed by atoms with van der Waals surface area (Å²) < 4.78 is 47.7. The van der Waals surface area contributed by atoms with Crippen molar-refractivity contribution in [1.82, 2.24) is 41.2 Å². The number of nitriles is 3. The zero-order chi connectivity index (χ0) is 81.9. The van der Waals surface area contributed by atoms with Gasteiger partial charge in [0.25, 0.3) is 23.6 Å². The second-order valence-electron chi connectivity index (χ2n) is 27.5. The summed E-state index contributed by atoms with van der Waals surface area (Å²) in [4.78, 5) is 68.0. The first-order valence-electron chi connectivity index (χ1n) is 35.6. The fourth-order valence-electron chi connectivity index (χ4n) is 11.0. The first-order chi connectivity index (χ1) is 55.1. The molecule has 5 heterocycles. The monoisotopic (exact) mass is 1620 g/mol. The fourth-order valence-corrected chi connectivity index (χ4v) is 13.5. The molecule has 1 saturated carbocycles. The van der Waals surface area contributed by atoms with Crippen LogP contribution in [0.2, 0.25) is 0 Å². The molecule has 8 aromatic carbocycles. The maximum atomic E-state index is 14.3. The SMILES string of the molecule is CC(C)(O)c1ccc(CNC(=O)c2scnc2Oc2ccc3c(c2)OCO3)cc1.CC(C)(O)c1ccc(CNC(=O)c2scnc2Oc2cccc(C#N)c2)c(F)c1.CC(C)(O)c1ccc(CNC(=O)c2scnc2Oc2cccc(C#N)c2)cc1.N#Cc1cccc(Oc2ncsc2C(=O)NCc2ccc(C3(O)CCC3)cc2)c1. The zero-order valence-electron chi connectivity index (χ0n) is 62.8. The predicted molar refractivity (Wildman–Crippen MR) is 429 cm³/mol. The number of carbonyl (C=O) groups excluding carboxylic acids is 4. The fraction of sp³-hybridized carbons (Fsp3) is 0.212. The van der Waals surface area contributed by atoms with Crippen LogP contribution in [0.25, 0.3) is 0 Å². The smallest absolute Gasteiger partial charge is 0.267 e. The Hall–Kier alpha value is -12.8. The van der Waals surface area contributed by atoms with Gasteiger partial charge in [-0.15, -0.1) is 45.3 Å². The molecule has 0 bridgehead atoms. The minimum atomic E-state index is -1.15. The lowest BCUT2D eigenvalue weighted by Crippen LogP contribution is -2.33. The Labute approximate surface area is 677 Å². The number of halogens is 1. The van der Waals surface area contributed by atoms with Gasteiger partial charge in [-0.1, -0.05) is 103 Å². The number of aromatic nitrogens is 4. The van der Waals surface area contributed by atoms with Gasteiger partial charge >= 0.3 is 0 Å². The van der Waals surface area contributed by atoms with Gasteiger partial charge in [-0.3, -0.25) is 19.2 Å². The van der Waals surface area contributed by atoms with E-state index in [1.54, 1.807) is 150 Å². The average molecular weight is 1620 g/mol. The maximum Gasteiger partial charge on any atom is 0.267 e. The summed E-state index contributed by atoms with van der Waals surface area (Å²) >= 11 is 4.67. The highest BCUT2D eigenvalue weighted by Crippen LogP contribution is 2.42. The van der Waals surface area contributed by atoms with E-state index in [0.29, 0.717) is 96.6 Å². The van der Waals surface area contributed by atoms with E-state index in [4.69, 9.17) is 44.2 Å². The van der Waals surface area contributed by atoms with E-state index < -0.39 is 34.1 Å². The Balaban J connectivity index is 0.000000151. The van der Waals surface area contributed by atoms with Crippen molar-refractivity contribution in [3.63, 3.8) is 0 Å². The number of ether oxygens (including phenoxy) is 6. The van der Waals surface area contributed by atoms with Gasteiger partial charge in [0.2, 0.25) is 30.3 Å². The summed E-state index contributed by atoms with van der Waals surface area (Å²) in [6.07, 6.45) is 2.65. The lowest BCUT2D eigenvalue weighted by molar-refractivity contribution is -0.0388. The molecule has 0 radical (unpaired) electrons. The van der Waals surface area contributed by atoms with Crippen molar-refractivity contribution in [1.29, 1.82) is 15.8 Å². The van der Waals surface area contributed by atoms with Crippen molar-refractivity contribution in [3.8, 4) is 76.2 Å². The molecule has 1 aliphatic carbocycles. The summed E-state index contributed by atoms with van der Waals surface area (Å²) in [7, 11) is 0. The van der Waals surface area contributed by atoms with Crippen LogP contribution in [0.4, 0.5) is 4.39 Å². The van der Waals surface area contributed by atoms with Crippen LogP contribution >= 0.6 is 45.3 Å². The number of benzene rings is 8. The number of nitrogens with zero attached hydrogens (tertiary/aromatic N) is 7. The van der Waals surface area contributed by atoms with Gasteiger partial charge in [0.05, 0.1) is 79.3 Å². The van der Waals surface area contributed by atoms with Crippen LogP contribution in [-0.2, 0) is 48.6 Å². The summed E-state index contributed by atoms with van der Waals surface area (Å²) in [6.45, 7) is 11.3. The highest BCUT2D eigenvalue weighted by atomic mass is 32.1. The Morgan fingerprint density at radius 2 is 0.783 bits per heavy atom. The lowest BCUT2D eigenvalue weighted by Gasteiger charge is -2.37. The zero-order valence-corrected chi connectivity index (χ0v) is 66.1. The number of rotatable bonds is 24. The number of hydrogen-bond acceptors (Lipinski definition) is 25. The predicted octanol–water partition coefficient (Wildman–Crippen LogP) is 16.0. The van der Waals surface area contributed by atoms with E-state index >= 15 is 0 Å². The van der Waals surface area contributed by atoms with Gasteiger partial charge in [0.1, 0.15) is 28.8 Å². The Kier molecular flexibility index (Phi) is 27.2. The molecular formula is C85H76FN11O14S4. The molecule has 30 heteroatoms. The number of hydrogen-bond donors (Lipinski definition) is 8. The summed E-state index contributed by atoms with van der Waals surface area (Å²) in [5.74, 6) is 2.01. The molecule has 12 aromatic rings. The van der Waals surface area contributed by atoms with Crippen LogP contribution in [0.1, 0.15) is 161 Å². The molecule has 0 saturated heterocycles. The van der Waals surface area contributed by atoms with Crippen molar-refractivity contribution in [3.05, 3.63) is 291 Å². The summed E-state index contributed by atoms with van der Waals surface area (Å²) in [6, 6.07) is 58.1. The number of fused-ring (bicyclic) bond motifs is 1. The molecular weight excluding hydrogens is 1550 g/mol. The minimum absolute atomic E-state index is 0.0297. The van der Waals surface area contributed by atoms with Crippen molar-refractivity contribution in [2.75, 3.05) is 6.79 Å². The van der Waals surface area contributed by atoms with Crippen LogP contribution in [0.15, 0.2) is 204 Å². The molecule has 25 nitrogen and oxygen atoms in total. The van der Waals surface area contributed by atoms with Crippen LogP contribution in [-0.4, -0.2) is 70.8 Å². The molecule has 8 N–H and O–H groups in total. The number of amides is 4. The van der Waals surface area contributed by atoms with E-state index in [0.717, 1.165) is 64.0 Å². The quantitative estimate of drug-likeness (QED) is 0.0278. The van der Waals surface area contributed by atoms with Gasteiger partial charge in [-0.2, -0.15) is 15.8 Å². The van der Waals surface area contributed by atoms with Crippen molar-refractivity contribution >= 4 is 69.0 Å². The highest BCUT2D eigenvalue weighted by Gasteiger charge is 2.36. The second kappa shape index (κ2) is 37.7. The lowest BCUT2D eigenvalue weighted by atomic mass is 9.75. The van der Waals surface area contributed by atoms with Crippen LogP contribution in [0.3, 0.4) is 0 Å². The van der Waals surface area contributed by atoms with Crippen LogP contribution < -0.4 is 49.7 Å². The Morgan fingerprint density at radius 3 is 1.12 bits per heavy atom. The standard InChI is InChI=1S/C22H19N3O3S.C21H18FN3O3S.C21H19N3O3S.C21H20N2O5S/c23-12-16-3-1-4-18(11-16)28-21-19(29-14-25-21)20(26)24-13-15-5-7-17(8-6-15)22(27)9-2-10-22;1-21(2,27)15-7-6-14(17(22)9-15)11-24-19(26)18-20(25-12-29-18)28-16-5-3-4-13(8-16)10-23;1-21(2,26)16-8-6-14(7-9-16)12-23-19(25)18-20(24-13-28-18)27-17-5-3-4-15(10-17)11-22;1-21(2,25)14-5-3-13(4-6-14)10-22-19(24)18-20(23-11-29-18)28-15-7-8-16-17(9-15)27-12-26-16/h1,3-8,11,14,27H,2,9-10,13H2,(H,24,26);3-9,12,27H,11H2,1-2H3,(H,24,26);3-10,13,26H,12H2,1-2H3,(H,23,25);3-9,11,25H,10,12H2,1-2H3,(H,22,24). The first kappa shape index (κ1) is 83.1. The third-order valence-corrected chi connectivity index (χ3v) is 20.8. The van der Waals surface area contributed by atoms with Gasteiger partial charge in [0, 0.05) is 37.8 Å². The van der Waals surface area contributed by atoms with Crippen LogP contribution in [0, 0.1) is 39.8 Å². The van der Waals surface area contributed by atoms with Gasteiger partial charge in [0.15, 0.2) is 31.0 Å². The Morgan fingerprint density at radius 1 is 0.443 bits per heavy atom. The maximum absolute atomic E-state index is 14.3. The third-order valence-electron chi connectivity index (χ3n) is 17.6. The van der Waals surface area contributed by atoms with Gasteiger partial charge < -0.3 is 70.1 Å². The summed E-state index contributed by atoms with van der Waals surface area (Å²) in [5.41, 5.74) is 9.91. The molecule has 0 unspecified atom stereocenters. The van der Waals surface area contributed by atoms with Gasteiger partial charge in [-0.05, 0) is 173 Å². The van der Waals surface area contributed by atoms with Crippen molar-refractivity contribution in [2.45, 2.75) is 109 Å². The molecule has 4 aromatic heterocycles. The molecule has 14 rings (SSSR count). The Bertz CT molecular complexity index is 5550. The number of aliphatic hydroxyl groups is 4. The molecule has 2 aliphatic rings. The first-order valence-corrected chi connectivity index (χ1v) is 39.1. The largest absolute Gasteiger partial charge is 0.454 e. The van der Waals surface area contributed by atoms with Crippen molar-refractivity contribution in [2.24, 2.45) is 0 Å². The number of carbonyl (C=O) groups is 4. The average Bonchev–Trinajstić information content (AvgIpc) is 1.56. The molecule has 115 heavy (non-hydrogen) atoms. The highest BCUT2D eigenvalue weighted by molar-refractivity contribution is 7.13. The topological polar surface area (TPSA) is 376 Å². The van der Waals surface area contributed by atoms with E-state index in [9.17, 15) is 44.0 Å². The van der Waals surface area contributed by atoms with E-state index in [2.05, 4.69) is 47.3 Å². The second-order valence-corrected chi connectivity index (χ2v) is 30.9. The minimum Gasteiger partial charge on any atom is -0.454 e. The molecule has 0 spiro atoms. The molecule has 0 atom stereocenters. The molecule has 586 valence electrons. The normalized spacial score (nSPS) is 12.3. The summed E-state index contributed by atoms with van der Waals surface area (Å²) in [5, 5.41) is 78.5. The van der Waals surface area contributed by atoms with Crippen LogP contribution in [0.5, 0.6) is 58.0 Å². The van der Waals surface area contributed by atoms with Gasteiger partial charge in [-0.25, -0.2) is 24.3 Å². The molecule has 4 amide bonds. The number of thiazole rings is 4. The molecule has 1 aliphatic heterocycles. The third kappa shape index (κ3) is 22.8. The van der Waals surface area contributed by atoms with E-state index in [1.165, 1.54) is 57.2 Å². The molecule has 1 fully saturated rings.